The van der Waals surface area contributed by atoms with Crippen LogP contribution in [0.2, 0.25) is 0 Å². The highest BCUT2D eigenvalue weighted by atomic mass is 79.9. The highest BCUT2D eigenvalue weighted by Gasteiger charge is 2.12. The number of hydrogen-bond acceptors (Lipinski definition) is 3. The first-order chi connectivity index (χ1) is 7.60. The highest BCUT2D eigenvalue weighted by Crippen LogP contribution is 2.37. The number of aryl methyl sites for hydroxylation is 1. The Morgan fingerprint density at radius 3 is 2.50 bits per heavy atom. The predicted octanol–water partition coefficient (Wildman–Crippen LogP) is 2.99. The first-order valence-electron chi connectivity index (χ1n) is 4.99. The molecule has 0 aliphatic rings. The van der Waals surface area contributed by atoms with Crippen molar-refractivity contribution < 1.29 is 14.3 Å². The Bertz CT molecular complexity index is 388. The average Bonchev–Trinajstić information content (AvgIpc) is 2.26. The van der Waals surface area contributed by atoms with Crippen molar-refractivity contribution in [2.45, 2.75) is 19.8 Å². The quantitative estimate of drug-likeness (QED) is 0.835. The summed E-state index contributed by atoms with van der Waals surface area (Å²) in [7, 11) is 3.21. The summed E-state index contributed by atoms with van der Waals surface area (Å²) >= 11 is 3.42. The van der Waals surface area contributed by atoms with Gasteiger partial charge in [0.15, 0.2) is 0 Å². The number of methoxy groups -OCH3 is 2. The summed E-state index contributed by atoms with van der Waals surface area (Å²) < 4.78 is 11.3. The Morgan fingerprint density at radius 2 is 2.00 bits per heavy atom. The zero-order chi connectivity index (χ0) is 12.1. The van der Waals surface area contributed by atoms with E-state index in [9.17, 15) is 4.79 Å². The molecule has 1 aromatic carbocycles. The molecule has 0 saturated carbocycles. The number of carbonyl (C=O) groups is 1. The van der Waals surface area contributed by atoms with Crippen LogP contribution in [0.15, 0.2) is 16.6 Å². The number of halogens is 1. The molecule has 0 saturated heterocycles. The molecule has 0 N–H and O–H groups in total. The second-order valence-corrected chi connectivity index (χ2v) is 4.27. The maximum atomic E-state index is 10.9. The standard InChI is InChI=1S/C12H15BrO3/c1-8(14)4-5-9-6-7-10(15-2)11(13)12(9)16-3/h6-7H,4-5H2,1-3H3. The maximum absolute atomic E-state index is 10.9. The van der Waals surface area contributed by atoms with Crippen LogP contribution in [0.3, 0.4) is 0 Å². The van der Waals surface area contributed by atoms with Gasteiger partial charge in [0, 0.05) is 6.42 Å². The van der Waals surface area contributed by atoms with Crippen LogP contribution in [-0.2, 0) is 11.2 Å². The van der Waals surface area contributed by atoms with Gasteiger partial charge in [-0.05, 0) is 40.9 Å². The Labute approximate surface area is 104 Å². The van der Waals surface area contributed by atoms with Crippen LogP contribution in [0.1, 0.15) is 18.9 Å². The van der Waals surface area contributed by atoms with E-state index in [1.807, 2.05) is 12.1 Å². The van der Waals surface area contributed by atoms with Crippen molar-refractivity contribution in [3.8, 4) is 11.5 Å². The number of benzene rings is 1. The van der Waals surface area contributed by atoms with Crippen LogP contribution in [0.4, 0.5) is 0 Å². The fourth-order valence-electron chi connectivity index (χ4n) is 1.46. The van der Waals surface area contributed by atoms with Crippen LogP contribution >= 0.6 is 15.9 Å². The lowest BCUT2D eigenvalue weighted by atomic mass is 10.1. The second-order valence-electron chi connectivity index (χ2n) is 3.48. The molecule has 16 heavy (non-hydrogen) atoms. The molecule has 0 aromatic heterocycles. The monoisotopic (exact) mass is 286 g/mol. The van der Waals surface area contributed by atoms with Crippen molar-refractivity contribution in [2.24, 2.45) is 0 Å². The first-order valence-corrected chi connectivity index (χ1v) is 5.78. The minimum Gasteiger partial charge on any atom is -0.495 e. The third-order valence-corrected chi connectivity index (χ3v) is 3.06. The minimum absolute atomic E-state index is 0.175. The van der Waals surface area contributed by atoms with Gasteiger partial charge in [0.1, 0.15) is 21.8 Å². The summed E-state index contributed by atoms with van der Waals surface area (Å²) in [5.74, 6) is 1.64. The van der Waals surface area contributed by atoms with Crippen molar-refractivity contribution in [1.82, 2.24) is 0 Å². The molecule has 0 bridgehead atoms. The van der Waals surface area contributed by atoms with Crippen molar-refractivity contribution in [3.63, 3.8) is 0 Å². The lowest BCUT2D eigenvalue weighted by Crippen LogP contribution is -1.99. The van der Waals surface area contributed by atoms with Gasteiger partial charge in [-0.25, -0.2) is 0 Å². The molecule has 0 radical (unpaired) electrons. The van der Waals surface area contributed by atoms with Crippen molar-refractivity contribution in [3.05, 3.63) is 22.2 Å². The Kier molecular flexibility index (Phi) is 4.80. The first kappa shape index (κ1) is 13.0. The number of carbonyl (C=O) groups excluding carboxylic acids is 1. The molecule has 0 fully saturated rings. The fraction of sp³-hybridized carbons (Fsp3) is 0.417. The number of Topliss-reactive ketones (excluding diaryl/α,β-unsaturated/α-hetero) is 1. The van der Waals surface area contributed by atoms with Crippen molar-refractivity contribution in [2.75, 3.05) is 14.2 Å². The summed E-state index contributed by atoms with van der Waals surface area (Å²) in [5, 5.41) is 0. The van der Waals surface area contributed by atoms with Crippen molar-refractivity contribution >= 4 is 21.7 Å². The smallest absolute Gasteiger partial charge is 0.140 e. The van der Waals surface area contributed by atoms with Crippen LogP contribution in [-0.4, -0.2) is 20.0 Å². The summed E-state index contributed by atoms with van der Waals surface area (Å²) in [6.07, 6.45) is 1.20. The van der Waals surface area contributed by atoms with E-state index in [0.29, 0.717) is 12.8 Å². The zero-order valence-corrected chi connectivity index (χ0v) is 11.3. The molecule has 1 aromatic rings. The summed E-state index contributed by atoms with van der Waals surface area (Å²) in [5.41, 5.74) is 1.00. The van der Waals surface area contributed by atoms with Gasteiger partial charge in [0.25, 0.3) is 0 Å². The Hall–Kier alpha value is -1.03. The van der Waals surface area contributed by atoms with Gasteiger partial charge in [-0.15, -0.1) is 0 Å². The predicted molar refractivity (Wildman–Crippen MR) is 66.2 cm³/mol. The van der Waals surface area contributed by atoms with Crippen LogP contribution in [0, 0.1) is 0 Å². The zero-order valence-electron chi connectivity index (χ0n) is 9.67. The van der Waals surface area contributed by atoms with E-state index in [1.54, 1.807) is 21.1 Å². The van der Waals surface area contributed by atoms with Gasteiger partial charge < -0.3 is 14.3 Å². The largest absolute Gasteiger partial charge is 0.495 e. The molecule has 0 unspecified atom stereocenters. The van der Waals surface area contributed by atoms with Crippen molar-refractivity contribution in [1.29, 1.82) is 0 Å². The van der Waals surface area contributed by atoms with E-state index < -0.39 is 0 Å². The van der Waals surface area contributed by atoms with Gasteiger partial charge in [-0.3, -0.25) is 0 Å². The van der Waals surface area contributed by atoms with Crippen LogP contribution < -0.4 is 9.47 Å². The maximum Gasteiger partial charge on any atom is 0.140 e. The van der Waals surface area contributed by atoms with Gasteiger partial charge in [0.05, 0.1) is 14.2 Å². The SMILES string of the molecule is COc1ccc(CCC(C)=O)c(OC)c1Br. The summed E-state index contributed by atoms with van der Waals surface area (Å²) in [4.78, 5) is 10.9. The lowest BCUT2D eigenvalue weighted by molar-refractivity contribution is -0.116. The van der Waals surface area contributed by atoms with Gasteiger partial charge >= 0.3 is 0 Å². The topological polar surface area (TPSA) is 35.5 Å². The molecule has 1 rings (SSSR count). The number of ether oxygens (including phenoxy) is 2. The van der Waals surface area contributed by atoms with Gasteiger partial charge in [-0.2, -0.15) is 0 Å². The molecule has 0 aliphatic heterocycles. The molecule has 0 amide bonds. The third kappa shape index (κ3) is 2.98. The molecule has 0 spiro atoms. The summed E-state index contributed by atoms with van der Waals surface area (Å²) in [6.45, 7) is 1.59. The lowest BCUT2D eigenvalue weighted by Gasteiger charge is -2.12. The number of rotatable bonds is 5. The third-order valence-electron chi connectivity index (χ3n) is 2.31. The fourth-order valence-corrected chi connectivity index (χ4v) is 2.17. The molecule has 0 atom stereocenters. The van der Waals surface area contributed by atoms with Gasteiger partial charge in [0.2, 0.25) is 0 Å². The Balaban J connectivity index is 3.01. The number of ketones is 1. The van der Waals surface area contributed by atoms with E-state index in [1.165, 1.54) is 0 Å². The van der Waals surface area contributed by atoms with E-state index in [2.05, 4.69) is 15.9 Å². The van der Waals surface area contributed by atoms with Crippen LogP contribution in [0.25, 0.3) is 0 Å². The minimum atomic E-state index is 0.175. The second kappa shape index (κ2) is 5.89. The molecular formula is C12H15BrO3. The van der Waals surface area contributed by atoms with E-state index in [4.69, 9.17) is 9.47 Å². The highest BCUT2D eigenvalue weighted by molar-refractivity contribution is 9.10. The van der Waals surface area contributed by atoms with E-state index >= 15 is 0 Å². The van der Waals surface area contributed by atoms with Crippen LogP contribution in [0.5, 0.6) is 11.5 Å². The molecule has 4 heteroatoms. The normalized spacial score (nSPS) is 10.0. The average molecular weight is 287 g/mol. The molecular weight excluding hydrogens is 272 g/mol. The molecule has 0 aliphatic carbocycles. The number of hydrogen-bond donors (Lipinski definition) is 0. The molecule has 0 heterocycles. The van der Waals surface area contributed by atoms with E-state index in [0.717, 1.165) is 21.5 Å². The van der Waals surface area contributed by atoms with E-state index in [-0.39, 0.29) is 5.78 Å². The summed E-state index contributed by atoms with van der Waals surface area (Å²) in [6, 6.07) is 3.79. The molecule has 3 nitrogen and oxygen atoms in total. The Morgan fingerprint density at radius 1 is 1.31 bits per heavy atom. The van der Waals surface area contributed by atoms with Gasteiger partial charge in [-0.1, -0.05) is 6.07 Å². The molecule has 88 valence electrons.